The molecule has 0 aromatic heterocycles. The molecule has 0 radical (unpaired) electrons. The van der Waals surface area contributed by atoms with Crippen molar-refractivity contribution in [3.8, 4) is 0 Å². The van der Waals surface area contributed by atoms with Crippen LogP contribution in [0.5, 0.6) is 0 Å². The highest BCUT2D eigenvalue weighted by Crippen LogP contribution is 2.56. The molecule has 4 unspecified atom stereocenters. The predicted octanol–water partition coefficient (Wildman–Crippen LogP) is 1.36. The van der Waals surface area contributed by atoms with Gasteiger partial charge in [-0.05, 0) is 11.8 Å². The Bertz CT molecular complexity index is 342. The number of Topliss-reactive ketones (excluding diaryl/α,β-unsaturated/α-hetero) is 2. The molecule has 68 valence electrons. The summed E-state index contributed by atoms with van der Waals surface area (Å²) in [4.78, 5) is 23.4. The van der Waals surface area contributed by atoms with Crippen molar-refractivity contribution in [1.82, 2.24) is 0 Å². The molecule has 2 fully saturated rings. The van der Waals surface area contributed by atoms with E-state index in [0.29, 0.717) is 12.2 Å². The Kier molecular flexibility index (Phi) is 1.12. The third-order valence-electron chi connectivity index (χ3n) is 4.06. The van der Waals surface area contributed by atoms with E-state index in [9.17, 15) is 9.59 Å². The van der Waals surface area contributed by atoms with Crippen molar-refractivity contribution >= 4 is 11.6 Å². The minimum Gasteiger partial charge on any atom is -0.299 e. The Hall–Kier alpha value is -0.920. The highest BCUT2D eigenvalue weighted by Gasteiger charge is 2.58. The van der Waals surface area contributed by atoms with Gasteiger partial charge in [-0.25, -0.2) is 0 Å². The van der Waals surface area contributed by atoms with Crippen molar-refractivity contribution in [2.75, 3.05) is 0 Å². The van der Waals surface area contributed by atoms with E-state index in [2.05, 4.69) is 13.0 Å². The van der Waals surface area contributed by atoms with Gasteiger partial charge in [0.15, 0.2) is 0 Å². The molecule has 0 aliphatic heterocycles. The molecule has 0 amide bonds. The fourth-order valence-corrected chi connectivity index (χ4v) is 3.25. The number of hydrogen-bond donors (Lipinski definition) is 0. The van der Waals surface area contributed by atoms with E-state index in [4.69, 9.17) is 0 Å². The van der Waals surface area contributed by atoms with Crippen molar-refractivity contribution < 1.29 is 9.59 Å². The molecule has 2 saturated carbocycles. The molecule has 0 heterocycles. The molecular formula is C11H12O2. The summed E-state index contributed by atoms with van der Waals surface area (Å²) in [5.74, 6) is 0.588. The molecule has 3 rings (SSSR count). The zero-order chi connectivity index (χ0) is 9.22. The van der Waals surface area contributed by atoms with Gasteiger partial charge in [-0.3, -0.25) is 9.59 Å². The maximum absolute atomic E-state index is 11.8. The summed E-state index contributed by atoms with van der Waals surface area (Å²) >= 11 is 0. The minimum atomic E-state index is -0.0701. The molecule has 0 saturated heterocycles. The first-order valence-electron chi connectivity index (χ1n) is 4.88. The summed E-state index contributed by atoms with van der Waals surface area (Å²) in [5.41, 5.74) is 0.00438. The number of hydrogen-bond acceptors (Lipinski definition) is 2. The van der Waals surface area contributed by atoms with E-state index in [-0.39, 0.29) is 29.0 Å². The first-order chi connectivity index (χ1) is 6.12. The number of rotatable bonds is 0. The van der Waals surface area contributed by atoms with Crippen LogP contribution in [-0.4, -0.2) is 11.6 Å². The van der Waals surface area contributed by atoms with Crippen LogP contribution in [0.25, 0.3) is 0 Å². The van der Waals surface area contributed by atoms with Gasteiger partial charge in [0.1, 0.15) is 11.6 Å². The highest BCUT2D eigenvalue weighted by atomic mass is 16.1. The molecule has 2 nitrogen and oxygen atoms in total. The lowest BCUT2D eigenvalue weighted by molar-refractivity contribution is -0.137. The Morgan fingerprint density at radius 2 is 2.23 bits per heavy atom. The molecule has 0 spiro atoms. The fourth-order valence-electron chi connectivity index (χ4n) is 3.25. The van der Waals surface area contributed by atoms with Crippen LogP contribution in [0.4, 0.5) is 0 Å². The van der Waals surface area contributed by atoms with Crippen molar-refractivity contribution in [2.45, 2.75) is 19.8 Å². The second kappa shape index (κ2) is 1.94. The quantitative estimate of drug-likeness (QED) is 0.522. The normalized spacial score (nSPS) is 51.9. The van der Waals surface area contributed by atoms with Gasteiger partial charge in [-0.1, -0.05) is 19.1 Å². The van der Waals surface area contributed by atoms with E-state index in [0.717, 1.165) is 6.42 Å². The van der Waals surface area contributed by atoms with E-state index < -0.39 is 0 Å². The van der Waals surface area contributed by atoms with Crippen LogP contribution in [0, 0.1) is 23.2 Å². The molecule has 13 heavy (non-hydrogen) atoms. The Morgan fingerprint density at radius 3 is 3.00 bits per heavy atom. The van der Waals surface area contributed by atoms with Gasteiger partial charge in [-0.15, -0.1) is 0 Å². The smallest absolute Gasteiger partial charge is 0.141 e. The average molecular weight is 176 g/mol. The maximum Gasteiger partial charge on any atom is 0.141 e. The summed E-state index contributed by atoms with van der Waals surface area (Å²) in [6, 6.07) is 0. The summed E-state index contributed by atoms with van der Waals surface area (Å²) < 4.78 is 0. The van der Waals surface area contributed by atoms with Gasteiger partial charge >= 0.3 is 0 Å². The zero-order valence-electron chi connectivity index (χ0n) is 7.62. The minimum absolute atomic E-state index is 0.000000000000000222. The van der Waals surface area contributed by atoms with Gasteiger partial charge in [0.25, 0.3) is 0 Å². The molecule has 3 bridgehead atoms. The summed E-state index contributed by atoms with van der Waals surface area (Å²) in [6.07, 6.45) is 5.48. The molecule has 0 aromatic rings. The number of ketones is 2. The van der Waals surface area contributed by atoms with E-state index in [1.807, 2.05) is 6.08 Å². The number of allylic oxidation sites excluding steroid dienone is 2. The molecule has 2 heteroatoms. The summed E-state index contributed by atoms with van der Waals surface area (Å²) in [7, 11) is 0. The van der Waals surface area contributed by atoms with Crippen LogP contribution in [0.3, 0.4) is 0 Å². The lowest BCUT2D eigenvalue weighted by Gasteiger charge is -2.24. The molecular weight excluding hydrogens is 164 g/mol. The van der Waals surface area contributed by atoms with Crippen LogP contribution >= 0.6 is 0 Å². The fraction of sp³-hybridized carbons (Fsp3) is 0.636. The monoisotopic (exact) mass is 176 g/mol. The zero-order valence-corrected chi connectivity index (χ0v) is 7.62. The Balaban J connectivity index is 2.20. The molecule has 0 N–H and O–H groups in total. The highest BCUT2D eigenvalue weighted by molar-refractivity contribution is 6.02. The van der Waals surface area contributed by atoms with Crippen LogP contribution < -0.4 is 0 Å². The van der Waals surface area contributed by atoms with Crippen molar-refractivity contribution in [2.24, 2.45) is 23.2 Å². The topological polar surface area (TPSA) is 34.1 Å². The SMILES string of the molecule is CC12C=CC3C(=O)CC1C(=O)C3C2. The molecule has 3 aliphatic carbocycles. The van der Waals surface area contributed by atoms with Crippen molar-refractivity contribution in [3.63, 3.8) is 0 Å². The summed E-state index contributed by atoms with van der Waals surface area (Å²) in [6.45, 7) is 2.11. The van der Waals surface area contributed by atoms with Crippen LogP contribution in [0.15, 0.2) is 12.2 Å². The Labute approximate surface area is 77.0 Å². The largest absolute Gasteiger partial charge is 0.299 e. The van der Waals surface area contributed by atoms with Gasteiger partial charge in [0.05, 0.1) is 0 Å². The molecule has 0 aromatic carbocycles. The van der Waals surface area contributed by atoms with Gasteiger partial charge in [-0.2, -0.15) is 0 Å². The first-order valence-corrected chi connectivity index (χ1v) is 4.88. The van der Waals surface area contributed by atoms with Crippen LogP contribution in [0.2, 0.25) is 0 Å². The first kappa shape index (κ1) is 7.48. The van der Waals surface area contributed by atoms with Gasteiger partial charge in [0, 0.05) is 24.2 Å². The molecule has 4 atom stereocenters. The van der Waals surface area contributed by atoms with Gasteiger partial charge < -0.3 is 0 Å². The summed E-state index contributed by atoms with van der Waals surface area (Å²) in [5, 5.41) is 0. The van der Waals surface area contributed by atoms with Crippen LogP contribution in [0.1, 0.15) is 19.8 Å². The second-order valence-electron chi connectivity index (χ2n) is 4.83. The van der Waals surface area contributed by atoms with E-state index >= 15 is 0 Å². The predicted molar refractivity (Wildman–Crippen MR) is 47.0 cm³/mol. The average Bonchev–Trinajstić information content (AvgIpc) is 2.25. The Morgan fingerprint density at radius 1 is 1.46 bits per heavy atom. The van der Waals surface area contributed by atoms with E-state index in [1.54, 1.807) is 0 Å². The second-order valence-corrected chi connectivity index (χ2v) is 4.83. The number of carbonyl (C=O) groups excluding carboxylic acids is 2. The van der Waals surface area contributed by atoms with Crippen molar-refractivity contribution in [3.05, 3.63) is 12.2 Å². The lowest BCUT2D eigenvalue weighted by Crippen LogP contribution is -2.34. The number of fused-ring (bicyclic) bond motifs is 3. The lowest BCUT2D eigenvalue weighted by atomic mass is 9.78. The van der Waals surface area contributed by atoms with Crippen LogP contribution in [-0.2, 0) is 9.59 Å². The molecule has 3 aliphatic rings. The number of carbonyl (C=O) groups is 2. The third-order valence-corrected chi connectivity index (χ3v) is 4.06. The maximum atomic E-state index is 11.8. The standard InChI is InChI=1S/C11H12O2/c1-11-3-2-6-7(5-11)10(13)8(11)4-9(6)12/h2-3,6-8H,4-5H2,1H3. The van der Waals surface area contributed by atoms with E-state index in [1.165, 1.54) is 0 Å². The third kappa shape index (κ3) is 0.702. The van der Waals surface area contributed by atoms with Crippen molar-refractivity contribution in [1.29, 1.82) is 0 Å². The van der Waals surface area contributed by atoms with Gasteiger partial charge in [0.2, 0.25) is 0 Å².